The summed E-state index contributed by atoms with van der Waals surface area (Å²) in [6.07, 6.45) is 1.68. The van der Waals surface area contributed by atoms with Crippen molar-refractivity contribution in [2.24, 2.45) is 0 Å². The first kappa shape index (κ1) is 17.4. The summed E-state index contributed by atoms with van der Waals surface area (Å²) in [5, 5.41) is 6.17. The summed E-state index contributed by atoms with van der Waals surface area (Å²) in [7, 11) is 1.51. The molecule has 0 unspecified atom stereocenters. The minimum Gasteiger partial charge on any atom is -0.495 e. The zero-order chi connectivity index (χ0) is 19.4. The van der Waals surface area contributed by atoms with E-state index in [9.17, 15) is 4.79 Å². The van der Waals surface area contributed by atoms with Crippen LogP contribution in [-0.4, -0.2) is 26.7 Å². The number of hydrogen-bond donors (Lipinski definition) is 0. The van der Waals surface area contributed by atoms with Crippen LogP contribution in [0.2, 0.25) is 10.0 Å². The summed E-state index contributed by atoms with van der Waals surface area (Å²) in [6, 6.07) is 10.9. The standard InChI is InChI=1S/C19H10Cl2N4O2S/c1-27-16-9(6-10(20)8-12(16)21)7-14-18(26)25-19(28-14)23-17-15(24-25)11-4-2-3-5-13(11)22-17/h2-8H,1H3/b14-7-. The Bertz CT molecular complexity index is 1510. The predicted molar refractivity (Wildman–Crippen MR) is 112 cm³/mol. The first-order chi connectivity index (χ1) is 13.5. The molecule has 0 bridgehead atoms. The molecule has 6 nitrogen and oxygen atoms in total. The molecular formula is C19H10Cl2N4O2S. The van der Waals surface area contributed by atoms with Crippen LogP contribution in [-0.2, 0) is 0 Å². The van der Waals surface area contributed by atoms with E-state index in [1.165, 1.54) is 23.0 Å². The van der Waals surface area contributed by atoms with E-state index < -0.39 is 0 Å². The highest BCUT2D eigenvalue weighted by Crippen LogP contribution is 2.32. The molecule has 138 valence electrons. The second kappa shape index (κ2) is 6.41. The van der Waals surface area contributed by atoms with Gasteiger partial charge in [-0.25, -0.2) is 4.98 Å². The van der Waals surface area contributed by atoms with E-state index in [0.717, 1.165) is 10.9 Å². The van der Waals surface area contributed by atoms with Crippen molar-refractivity contribution in [2.45, 2.75) is 0 Å². The van der Waals surface area contributed by atoms with Gasteiger partial charge in [0.25, 0.3) is 5.56 Å². The van der Waals surface area contributed by atoms with E-state index in [1.807, 2.05) is 24.3 Å². The highest BCUT2D eigenvalue weighted by molar-refractivity contribution is 7.15. The summed E-state index contributed by atoms with van der Waals surface area (Å²) in [5.41, 5.74) is 2.23. The second-order valence-electron chi connectivity index (χ2n) is 6.03. The fourth-order valence-corrected chi connectivity index (χ4v) is 4.58. The van der Waals surface area contributed by atoms with Gasteiger partial charge in [0.1, 0.15) is 11.3 Å². The van der Waals surface area contributed by atoms with Crippen LogP contribution in [0.5, 0.6) is 5.75 Å². The number of rotatable bonds is 2. The van der Waals surface area contributed by atoms with Gasteiger partial charge in [0.15, 0.2) is 5.65 Å². The van der Waals surface area contributed by atoms with Crippen molar-refractivity contribution in [2.75, 3.05) is 7.11 Å². The lowest BCUT2D eigenvalue weighted by Gasteiger charge is -2.07. The Kier molecular flexibility index (Phi) is 3.97. The summed E-state index contributed by atoms with van der Waals surface area (Å²) < 4.78 is 7.08. The molecule has 9 heteroatoms. The number of aromatic nitrogens is 4. The molecular weight excluding hydrogens is 419 g/mol. The molecule has 0 spiro atoms. The number of ether oxygens (including phenoxy) is 1. The molecule has 28 heavy (non-hydrogen) atoms. The Morgan fingerprint density at radius 2 is 2.00 bits per heavy atom. The number of nitrogens with zero attached hydrogens (tertiary/aromatic N) is 4. The van der Waals surface area contributed by atoms with Crippen LogP contribution in [0.25, 0.3) is 33.1 Å². The van der Waals surface area contributed by atoms with Crippen LogP contribution in [0.3, 0.4) is 0 Å². The molecule has 0 fully saturated rings. The maximum atomic E-state index is 12.9. The van der Waals surface area contributed by atoms with E-state index in [2.05, 4.69) is 15.1 Å². The maximum Gasteiger partial charge on any atom is 0.291 e. The molecule has 0 radical (unpaired) electrons. The van der Waals surface area contributed by atoms with Crippen molar-refractivity contribution < 1.29 is 4.74 Å². The lowest BCUT2D eigenvalue weighted by molar-refractivity contribution is 0.414. The quantitative estimate of drug-likeness (QED) is 0.428. The van der Waals surface area contributed by atoms with Crippen LogP contribution in [0.15, 0.2) is 41.2 Å². The fourth-order valence-electron chi connectivity index (χ4n) is 3.10. The van der Waals surface area contributed by atoms with Crippen molar-refractivity contribution >= 4 is 67.6 Å². The van der Waals surface area contributed by atoms with Gasteiger partial charge < -0.3 is 4.74 Å². The summed E-state index contributed by atoms with van der Waals surface area (Å²) in [5.74, 6) is 0.445. The molecule has 3 heterocycles. The Labute approximate surface area is 171 Å². The molecule has 5 aromatic rings. The number of para-hydroxylation sites is 1. The number of fused-ring (bicyclic) bond motifs is 4. The lowest BCUT2D eigenvalue weighted by atomic mass is 10.2. The summed E-state index contributed by atoms with van der Waals surface area (Å²) in [6.45, 7) is 0. The molecule has 0 saturated carbocycles. The molecule has 0 aliphatic heterocycles. The Morgan fingerprint density at radius 1 is 1.18 bits per heavy atom. The van der Waals surface area contributed by atoms with Gasteiger partial charge in [0, 0.05) is 16.0 Å². The molecule has 0 amide bonds. The third-order valence-electron chi connectivity index (χ3n) is 4.31. The normalized spacial score (nSPS) is 12.5. The van der Waals surface area contributed by atoms with Crippen molar-refractivity contribution in [1.29, 1.82) is 0 Å². The van der Waals surface area contributed by atoms with E-state index in [4.69, 9.17) is 27.9 Å². The van der Waals surface area contributed by atoms with Gasteiger partial charge in [-0.15, -0.1) is 0 Å². The van der Waals surface area contributed by atoms with Crippen LogP contribution < -0.4 is 14.8 Å². The van der Waals surface area contributed by atoms with Gasteiger partial charge in [-0.3, -0.25) is 4.79 Å². The topological polar surface area (TPSA) is 69.4 Å². The van der Waals surface area contributed by atoms with Crippen molar-refractivity contribution in [3.63, 3.8) is 0 Å². The number of halogens is 2. The Hall–Kier alpha value is -2.74. The molecule has 2 aromatic carbocycles. The minimum atomic E-state index is -0.280. The predicted octanol–water partition coefficient (Wildman–Crippen LogP) is 3.72. The molecule has 0 N–H and O–H groups in total. The smallest absolute Gasteiger partial charge is 0.291 e. The van der Waals surface area contributed by atoms with Gasteiger partial charge in [-0.05, 0) is 24.3 Å². The maximum absolute atomic E-state index is 12.9. The van der Waals surface area contributed by atoms with Crippen LogP contribution in [0.1, 0.15) is 5.56 Å². The zero-order valence-corrected chi connectivity index (χ0v) is 16.6. The van der Waals surface area contributed by atoms with E-state index in [0.29, 0.717) is 42.0 Å². The lowest BCUT2D eigenvalue weighted by Crippen LogP contribution is -2.24. The largest absolute Gasteiger partial charge is 0.495 e. The first-order valence-electron chi connectivity index (χ1n) is 8.18. The Balaban J connectivity index is 1.80. The fraction of sp³-hybridized carbons (Fsp3) is 0.0526. The van der Waals surface area contributed by atoms with Crippen molar-refractivity contribution in [1.82, 2.24) is 19.6 Å². The van der Waals surface area contributed by atoms with Gasteiger partial charge in [0.2, 0.25) is 4.96 Å². The Morgan fingerprint density at radius 3 is 2.82 bits per heavy atom. The third kappa shape index (κ3) is 2.63. The molecule has 0 atom stereocenters. The number of methoxy groups -OCH3 is 1. The summed E-state index contributed by atoms with van der Waals surface area (Å²) in [4.78, 5) is 22.4. The number of benzene rings is 2. The van der Waals surface area contributed by atoms with Crippen LogP contribution in [0, 0.1) is 0 Å². The molecule has 0 saturated heterocycles. The molecule has 0 aliphatic carbocycles. The minimum absolute atomic E-state index is 0.280. The highest BCUT2D eigenvalue weighted by atomic mass is 35.5. The van der Waals surface area contributed by atoms with Gasteiger partial charge in [0.05, 0.1) is 22.2 Å². The van der Waals surface area contributed by atoms with Gasteiger partial charge in [-0.2, -0.15) is 14.6 Å². The zero-order valence-electron chi connectivity index (χ0n) is 14.3. The SMILES string of the molecule is COc1c(Cl)cc(Cl)cc1/C=c1\sc2nc3nc4ccccc4c3nn2c1=O. The monoisotopic (exact) mass is 428 g/mol. The van der Waals surface area contributed by atoms with Crippen LogP contribution >= 0.6 is 34.5 Å². The second-order valence-corrected chi connectivity index (χ2v) is 7.89. The molecule has 5 rings (SSSR count). The van der Waals surface area contributed by atoms with Crippen molar-refractivity contribution in [3.05, 3.63) is 66.9 Å². The number of hydrogen-bond acceptors (Lipinski definition) is 6. The average molecular weight is 429 g/mol. The third-order valence-corrected chi connectivity index (χ3v) is 5.77. The van der Waals surface area contributed by atoms with E-state index in [1.54, 1.807) is 18.2 Å². The van der Waals surface area contributed by atoms with E-state index in [-0.39, 0.29) is 5.56 Å². The molecule has 3 aromatic heterocycles. The summed E-state index contributed by atoms with van der Waals surface area (Å²) >= 11 is 13.5. The average Bonchev–Trinajstić information content (AvgIpc) is 3.17. The van der Waals surface area contributed by atoms with Gasteiger partial charge in [-0.1, -0.05) is 52.7 Å². The molecule has 0 aliphatic rings. The number of thiazole rings is 1. The van der Waals surface area contributed by atoms with Gasteiger partial charge >= 0.3 is 0 Å². The van der Waals surface area contributed by atoms with Crippen LogP contribution in [0.4, 0.5) is 0 Å². The highest BCUT2D eigenvalue weighted by Gasteiger charge is 2.14. The van der Waals surface area contributed by atoms with Crippen molar-refractivity contribution in [3.8, 4) is 5.75 Å². The first-order valence-corrected chi connectivity index (χ1v) is 9.75. The van der Waals surface area contributed by atoms with E-state index >= 15 is 0 Å².